The van der Waals surface area contributed by atoms with Gasteiger partial charge in [-0.2, -0.15) is 0 Å². The van der Waals surface area contributed by atoms with Gasteiger partial charge in [0.25, 0.3) is 0 Å². The molecule has 0 radical (unpaired) electrons. The van der Waals surface area contributed by atoms with E-state index in [0.29, 0.717) is 18.7 Å². The van der Waals surface area contributed by atoms with Gasteiger partial charge in [-0.15, -0.1) is 0 Å². The van der Waals surface area contributed by atoms with E-state index in [1.807, 2.05) is 12.1 Å². The fourth-order valence-electron chi connectivity index (χ4n) is 1.07. The Labute approximate surface area is 96.8 Å². The minimum Gasteiger partial charge on any atom is -0.466 e. The van der Waals surface area contributed by atoms with Gasteiger partial charge in [0.05, 0.1) is 13.0 Å². The van der Waals surface area contributed by atoms with Crippen molar-refractivity contribution in [3.8, 4) is 0 Å². The molecule has 0 fully saturated rings. The second-order valence-electron chi connectivity index (χ2n) is 2.83. The Hall–Kier alpha value is -0.780. The molecule has 0 aliphatic heterocycles. The van der Waals surface area contributed by atoms with Crippen molar-refractivity contribution < 1.29 is 9.53 Å². The van der Waals surface area contributed by atoms with Crippen molar-refractivity contribution in [1.29, 1.82) is 0 Å². The maximum atomic E-state index is 11.2. The highest BCUT2D eigenvalue weighted by Gasteiger charge is 2.07. The number of nitrogens with two attached hydrogens (primary N) is 1. The minimum absolute atomic E-state index is 0.199. The Kier molecular flexibility index (Phi) is 4.19. The summed E-state index contributed by atoms with van der Waals surface area (Å²) >= 11 is 2.16. The summed E-state index contributed by atoms with van der Waals surface area (Å²) in [4.78, 5) is 11.2. The third-order valence-corrected chi connectivity index (χ3v) is 2.72. The van der Waals surface area contributed by atoms with E-state index >= 15 is 0 Å². The van der Waals surface area contributed by atoms with Gasteiger partial charge in [-0.1, -0.05) is 6.07 Å². The van der Waals surface area contributed by atoms with Crippen LogP contribution >= 0.6 is 22.6 Å². The molecule has 0 saturated carbocycles. The van der Waals surface area contributed by atoms with E-state index in [2.05, 4.69) is 22.6 Å². The standard InChI is InChI=1S/C10H12INO2/c1-2-14-10(13)5-7-3-4-8(12)6-9(7)11/h3-4,6H,2,5,12H2,1H3. The second-order valence-corrected chi connectivity index (χ2v) is 3.99. The molecule has 0 unspecified atom stereocenters. The summed E-state index contributed by atoms with van der Waals surface area (Å²) in [6.45, 7) is 2.22. The van der Waals surface area contributed by atoms with Crippen molar-refractivity contribution in [2.24, 2.45) is 0 Å². The van der Waals surface area contributed by atoms with E-state index in [4.69, 9.17) is 10.5 Å². The van der Waals surface area contributed by atoms with E-state index < -0.39 is 0 Å². The molecular formula is C10H12INO2. The molecule has 3 nitrogen and oxygen atoms in total. The molecule has 4 heteroatoms. The lowest BCUT2D eigenvalue weighted by Crippen LogP contribution is -2.08. The molecule has 0 aliphatic rings. The van der Waals surface area contributed by atoms with Crippen LogP contribution in [-0.4, -0.2) is 12.6 Å². The van der Waals surface area contributed by atoms with Crippen molar-refractivity contribution in [2.75, 3.05) is 12.3 Å². The molecule has 0 amide bonds. The molecule has 0 spiro atoms. The molecule has 1 aromatic rings. The van der Waals surface area contributed by atoms with Crippen LogP contribution in [0.15, 0.2) is 18.2 Å². The van der Waals surface area contributed by atoms with Gasteiger partial charge in [0, 0.05) is 9.26 Å². The average molecular weight is 305 g/mol. The van der Waals surface area contributed by atoms with Crippen molar-refractivity contribution in [1.82, 2.24) is 0 Å². The lowest BCUT2D eigenvalue weighted by Gasteiger charge is -2.05. The zero-order valence-electron chi connectivity index (χ0n) is 7.92. The van der Waals surface area contributed by atoms with Crippen LogP contribution in [0.3, 0.4) is 0 Å². The lowest BCUT2D eigenvalue weighted by molar-refractivity contribution is -0.142. The number of halogens is 1. The molecule has 0 atom stereocenters. The number of benzene rings is 1. The van der Waals surface area contributed by atoms with Gasteiger partial charge in [-0.3, -0.25) is 4.79 Å². The topological polar surface area (TPSA) is 52.3 Å². The lowest BCUT2D eigenvalue weighted by atomic mass is 10.1. The van der Waals surface area contributed by atoms with Crippen molar-refractivity contribution in [3.05, 3.63) is 27.3 Å². The summed E-state index contributed by atoms with van der Waals surface area (Å²) in [5.41, 5.74) is 7.26. The molecule has 0 aromatic heterocycles. The first-order valence-corrected chi connectivity index (χ1v) is 5.41. The quantitative estimate of drug-likeness (QED) is 0.528. The van der Waals surface area contributed by atoms with Crippen LogP contribution < -0.4 is 5.73 Å². The summed E-state index contributed by atoms with van der Waals surface area (Å²) in [5, 5.41) is 0. The van der Waals surface area contributed by atoms with E-state index in [1.54, 1.807) is 13.0 Å². The molecule has 0 aliphatic carbocycles. The van der Waals surface area contributed by atoms with Gasteiger partial charge in [0.15, 0.2) is 0 Å². The molecule has 1 aromatic carbocycles. The van der Waals surface area contributed by atoms with Crippen LogP contribution in [0.1, 0.15) is 12.5 Å². The number of anilines is 1. The maximum Gasteiger partial charge on any atom is 0.310 e. The molecule has 76 valence electrons. The summed E-state index contributed by atoms with van der Waals surface area (Å²) in [5.74, 6) is -0.199. The van der Waals surface area contributed by atoms with Crippen molar-refractivity contribution in [2.45, 2.75) is 13.3 Å². The van der Waals surface area contributed by atoms with Crippen LogP contribution in [-0.2, 0) is 16.0 Å². The number of ether oxygens (including phenoxy) is 1. The molecule has 2 N–H and O–H groups in total. The van der Waals surface area contributed by atoms with E-state index in [1.165, 1.54) is 0 Å². The molecule has 0 heterocycles. The predicted molar refractivity (Wildman–Crippen MR) is 63.9 cm³/mol. The first kappa shape index (κ1) is 11.3. The highest BCUT2D eigenvalue weighted by atomic mass is 127. The van der Waals surface area contributed by atoms with Gasteiger partial charge in [0.1, 0.15) is 0 Å². The van der Waals surface area contributed by atoms with Gasteiger partial charge in [0.2, 0.25) is 0 Å². The Morgan fingerprint density at radius 1 is 1.57 bits per heavy atom. The summed E-state index contributed by atoms with van der Waals surface area (Å²) < 4.78 is 5.85. The summed E-state index contributed by atoms with van der Waals surface area (Å²) in [6, 6.07) is 5.49. The van der Waals surface area contributed by atoms with Gasteiger partial charge >= 0.3 is 5.97 Å². The van der Waals surface area contributed by atoms with Crippen LogP contribution in [0.5, 0.6) is 0 Å². The van der Waals surface area contributed by atoms with Crippen LogP contribution in [0.25, 0.3) is 0 Å². The normalized spacial score (nSPS) is 9.86. The van der Waals surface area contributed by atoms with Gasteiger partial charge in [-0.25, -0.2) is 0 Å². The maximum absolute atomic E-state index is 11.2. The smallest absolute Gasteiger partial charge is 0.310 e. The van der Waals surface area contributed by atoms with E-state index in [-0.39, 0.29) is 5.97 Å². The fourth-order valence-corrected chi connectivity index (χ4v) is 1.80. The predicted octanol–water partition coefficient (Wildman–Crippen LogP) is 1.98. The second kappa shape index (κ2) is 5.19. The highest BCUT2D eigenvalue weighted by molar-refractivity contribution is 14.1. The SMILES string of the molecule is CCOC(=O)Cc1ccc(N)cc1I. The Morgan fingerprint density at radius 2 is 2.29 bits per heavy atom. The first-order chi connectivity index (χ1) is 6.63. The molecule has 0 saturated heterocycles. The largest absolute Gasteiger partial charge is 0.466 e. The first-order valence-electron chi connectivity index (χ1n) is 4.33. The summed E-state index contributed by atoms with van der Waals surface area (Å²) in [6.07, 6.45) is 0.312. The number of carbonyl (C=O) groups excluding carboxylic acids is 1. The van der Waals surface area contributed by atoms with Crippen molar-refractivity contribution >= 4 is 34.2 Å². The third-order valence-electron chi connectivity index (χ3n) is 1.72. The minimum atomic E-state index is -0.199. The Morgan fingerprint density at radius 3 is 2.86 bits per heavy atom. The van der Waals surface area contributed by atoms with Crippen LogP contribution in [0, 0.1) is 3.57 Å². The van der Waals surface area contributed by atoms with Gasteiger partial charge < -0.3 is 10.5 Å². The van der Waals surface area contributed by atoms with Gasteiger partial charge in [-0.05, 0) is 47.2 Å². The monoisotopic (exact) mass is 305 g/mol. The molecule has 14 heavy (non-hydrogen) atoms. The number of nitrogen functional groups attached to an aromatic ring is 1. The average Bonchev–Trinajstić information content (AvgIpc) is 2.10. The Bertz CT molecular complexity index is 339. The highest BCUT2D eigenvalue weighted by Crippen LogP contribution is 2.16. The van der Waals surface area contributed by atoms with E-state index in [0.717, 1.165) is 9.13 Å². The molecular weight excluding hydrogens is 293 g/mol. The van der Waals surface area contributed by atoms with Crippen LogP contribution in [0.4, 0.5) is 5.69 Å². The van der Waals surface area contributed by atoms with Crippen molar-refractivity contribution in [3.63, 3.8) is 0 Å². The molecule has 0 bridgehead atoms. The number of carbonyl (C=O) groups is 1. The van der Waals surface area contributed by atoms with E-state index in [9.17, 15) is 4.79 Å². The summed E-state index contributed by atoms with van der Waals surface area (Å²) in [7, 11) is 0. The Balaban J connectivity index is 2.72. The zero-order chi connectivity index (χ0) is 10.6. The zero-order valence-corrected chi connectivity index (χ0v) is 10.1. The fraction of sp³-hybridized carbons (Fsp3) is 0.300. The number of hydrogen-bond acceptors (Lipinski definition) is 3. The van der Waals surface area contributed by atoms with Crippen LogP contribution in [0.2, 0.25) is 0 Å². The number of esters is 1. The molecule has 1 rings (SSSR count). The number of rotatable bonds is 3. The third kappa shape index (κ3) is 3.17. The number of hydrogen-bond donors (Lipinski definition) is 1.